The Morgan fingerprint density at radius 2 is 1.61 bits per heavy atom. The van der Waals surface area contributed by atoms with Crippen molar-refractivity contribution in [1.82, 2.24) is 4.90 Å². The second-order valence-corrected chi connectivity index (χ2v) is 9.24. The normalized spacial score (nSPS) is 17.3. The van der Waals surface area contributed by atoms with Gasteiger partial charge in [-0.05, 0) is 43.8 Å². The van der Waals surface area contributed by atoms with Crippen molar-refractivity contribution in [3.05, 3.63) is 89.0 Å². The molecule has 1 heterocycles. The van der Waals surface area contributed by atoms with Gasteiger partial charge in [0.1, 0.15) is 18.0 Å². The van der Waals surface area contributed by atoms with Gasteiger partial charge in [-0.1, -0.05) is 79.7 Å². The summed E-state index contributed by atoms with van der Waals surface area (Å²) in [5.74, 6) is 0.857. The highest BCUT2D eigenvalue weighted by Crippen LogP contribution is 2.50. The number of likely N-dealkylation sites (N-methyl/N-ethyl adjacent to an activating group) is 1. The van der Waals surface area contributed by atoms with E-state index in [1.807, 2.05) is 30.3 Å². The van der Waals surface area contributed by atoms with Crippen LogP contribution in [0.1, 0.15) is 36.1 Å². The summed E-state index contributed by atoms with van der Waals surface area (Å²) in [4.78, 5) is 4.52. The van der Waals surface area contributed by atoms with E-state index in [9.17, 15) is 5.11 Å². The fourth-order valence-electron chi connectivity index (χ4n) is 4.20. The Bertz CT molecular complexity index is 1030. The van der Waals surface area contributed by atoms with Crippen LogP contribution in [0.3, 0.4) is 0 Å². The molecule has 4 rings (SSSR count). The van der Waals surface area contributed by atoms with E-state index >= 15 is 0 Å². The lowest BCUT2D eigenvalue weighted by Gasteiger charge is -2.36. The van der Waals surface area contributed by atoms with Gasteiger partial charge >= 0.3 is 0 Å². The molecule has 0 spiro atoms. The number of benzene rings is 3. The van der Waals surface area contributed by atoms with E-state index in [2.05, 4.69) is 62.1 Å². The second-order valence-electron chi connectivity index (χ2n) is 8.15. The number of aryl methyl sites for hydroxylation is 1. The van der Waals surface area contributed by atoms with Crippen molar-refractivity contribution < 1.29 is 9.84 Å². The van der Waals surface area contributed by atoms with Crippen molar-refractivity contribution in [2.75, 3.05) is 26.2 Å². The SMILES string of the molecule is CCN(CC)CCOc1ccc2c(c1)Sc1ccccc1C2(O)Cc1ccc(C)cc1. The van der Waals surface area contributed by atoms with Gasteiger partial charge in [-0.15, -0.1) is 0 Å². The first-order chi connectivity index (χ1) is 15.0. The van der Waals surface area contributed by atoms with Crippen LogP contribution in [0.5, 0.6) is 5.75 Å². The summed E-state index contributed by atoms with van der Waals surface area (Å²) in [6.07, 6.45) is 0.542. The summed E-state index contributed by atoms with van der Waals surface area (Å²) in [6, 6.07) is 22.7. The Hall–Kier alpha value is -2.27. The summed E-state index contributed by atoms with van der Waals surface area (Å²) in [7, 11) is 0. The van der Waals surface area contributed by atoms with Crippen molar-refractivity contribution in [3.8, 4) is 5.75 Å². The molecule has 1 atom stereocenters. The van der Waals surface area contributed by atoms with Crippen LogP contribution in [-0.2, 0) is 12.0 Å². The minimum Gasteiger partial charge on any atom is -0.492 e. The Morgan fingerprint density at radius 1 is 0.903 bits per heavy atom. The van der Waals surface area contributed by atoms with Crippen LogP contribution in [-0.4, -0.2) is 36.2 Å². The molecule has 0 saturated heterocycles. The fourth-order valence-corrected chi connectivity index (χ4v) is 5.46. The monoisotopic (exact) mass is 433 g/mol. The number of ether oxygens (including phenoxy) is 1. The van der Waals surface area contributed by atoms with Crippen molar-refractivity contribution >= 4 is 11.8 Å². The number of rotatable bonds is 8. The lowest BCUT2D eigenvalue weighted by Crippen LogP contribution is -2.33. The summed E-state index contributed by atoms with van der Waals surface area (Å²) < 4.78 is 6.06. The molecule has 0 radical (unpaired) electrons. The van der Waals surface area contributed by atoms with Crippen molar-refractivity contribution in [2.24, 2.45) is 0 Å². The number of nitrogens with zero attached hydrogens (tertiary/aromatic N) is 1. The van der Waals surface area contributed by atoms with Gasteiger partial charge in [0.2, 0.25) is 0 Å². The molecule has 0 amide bonds. The highest BCUT2D eigenvalue weighted by molar-refractivity contribution is 7.99. The van der Waals surface area contributed by atoms with E-state index in [0.29, 0.717) is 13.0 Å². The molecule has 0 saturated carbocycles. The molecular weight excluding hydrogens is 402 g/mol. The summed E-state index contributed by atoms with van der Waals surface area (Å²) in [5.41, 5.74) is 3.21. The average molecular weight is 434 g/mol. The lowest BCUT2D eigenvalue weighted by atomic mass is 9.80. The van der Waals surface area contributed by atoms with Crippen LogP contribution < -0.4 is 4.74 Å². The van der Waals surface area contributed by atoms with Crippen LogP contribution in [0, 0.1) is 6.92 Å². The first-order valence-corrected chi connectivity index (χ1v) is 11.9. The molecule has 0 fully saturated rings. The van der Waals surface area contributed by atoms with Gasteiger partial charge in [-0.25, -0.2) is 0 Å². The summed E-state index contributed by atoms with van der Waals surface area (Å²) in [6.45, 7) is 10.1. The first-order valence-electron chi connectivity index (χ1n) is 11.1. The van der Waals surface area contributed by atoms with E-state index in [1.54, 1.807) is 11.8 Å². The minimum absolute atomic E-state index is 0.542. The van der Waals surface area contributed by atoms with E-state index in [1.165, 1.54) is 5.56 Å². The molecule has 1 N–H and O–H groups in total. The van der Waals surface area contributed by atoms with Crippen LogP contribution in [0.2, 0.25) is 0 Å². The predicted molar refractivity (Wildman–Crippen MR) is 128 cm³/mol. The lowest BCUT2D eigenvalue weighted by molar-refractivity contribution is 0.0742. The third kappa shape index (κ3) is 4.67. The molecule has 1 aliphatic heterocycles. The van der Waals surface area contributed by atoms with Gasteiger partial charge in [0.05, 0.1) is 0 Å². The Labute approximate surface area is 190 Å². The molecule has 0 aliphatic carbocycles. The number of fused-ring (bicyclic) bond motifs is 2. The van der Waals surface area contributed by atoms with Crippen molar-refractivity contribution in [2.45, 2.75) is 42.6 Å². The van der Waals surface area contributed by atoms with Gasteiger partial charge in [0, 0.05) is 33.9 Å². The van der Waals surface area contributed by atoms with Crippen molar-refractivity contribution in [1.29, 1.82) is 0 Å². The summed E-state index contributed by atoms with van der Waals surface area (Å²) in [5, 5.41) is 12.0. The predicted octanol–water partition coefficient (Wildman–Crippen LogP) is 5.66. The van der Waals surface area contributed by atoms with Crippen LogP contribution in [0.25, 0.3) is 0 Å². The third-order valence-electron chi connectivity index (χ3n) is 6.10. The van der Waals surface area contributed by atoms with Crippen LogP contribution in [0.4, 0.5) is 0 Å². The number of hydrogen-bond acceptors (Lipinski definition) is 4. The molecule has 3 aromatic rings. The average Bonchev–Trinajstić information content (AvgIpc) is 2.78. The van der Waals surface area contributed by atoms with E-state index in [4.69, 9.17) is 4.74 Å². The Balaban J connectivity index is 1.64. The van der Waals surface area contributed by atoms with Crippen LogP contribution >= 0.6 is 11.8 Å². The molecular formula is C27H31NO2S. The molecule has 0 aromatic heterocycles. The highest BCUT2D eigenvalue weighted by Gasteiger charge is 2.39. The summed E-state index contributed by atoms with van der Waals surface area (Å²) >= 11 is 1.71. The molecule has 1 unspecified atom stereocenters. The topological polar surface area (TPSA) is 32.7 Å². The zero-order valence-corrected chi connectivity index (χ0v) is 19.4. The molecule has 3 nitrogen and oxygen atoms in total. The Morgan fingerprint density at radius 3 is 2.35 bits per heavy atom. The van der Waals surface area contributed by atoms with E-state index in [0.717, 1.165) is 51.9 Å². The van der Waals surface area contributed by atoms with Gasteiger partial charge < -0.3 is 14.7 Å². The van der Waals surface area contributed by atoms with Gasteiger partial charge in [-0.3, -0.25) is 0 Å². The minimum atomic E-state index is -1.06. The molecule has 4 heteroatoms. The quantitative estimate of drug-likeness (QED) is 0.497. The smallest absolute Gasteiger partial charge is 0.121 e. The maximum atomic E-state index is 12.0. The molecule has 3 aromatic carbocycles. The standard InChI is InChI=1S/C27H31NO2S/c1-4-28(5-2)16-17-30-22-14-15-24-26(18-22)31-25-9-7-6-8-23(25)27(24,29)19-21-12-10-20(3)11-13-21/h6-15,18,29H,4-5,16-17,19H2,1-3H3. The van der Waals surface area contributed by atoms with Crippen molar-refractivity contribution in [3.63, 3.8) is 0 Å². The van der Waals surface area contributed by atoms with Gasteiger partial charge in [-0.2, -0.15) is 0 Å². The molecule has 0 bridgehead atoms. The maximum Gasteiger partial charge on any atom is 0.121 e. The van der Waals surface area contributed by atoms with E-state index in [-0.39, 0.29) is 0 Å². The number of hydrogen-bond donors (Lipinski definition) is 1. The van der Waals surface area contributed by atoms with Gasteiger partial charge in [0.25, 0.3) is 0 Å². The van der Waals surface area contributed by atoms with E-state index < -0.39 is 5.60 Å². The first kappa shape index (κ1) is 21.9. The van der Waals surface area contributed by atoms with Crippen LogP contribution in [0.15, 0.2) is 76.5 Å². The number of aliphatic hydroxyl groups is 1. The zero-order chi connectivity index (χ0) is 21.8. The third-order valence-corrected chi connectivity index (χ3v) is 7.24. The second kappa shape index (κ2) is 9.47. The Kier molecular flexibility index (Phi) is 6.71. The highest BCUT2D eigenvalue weighted by atomic mass is 32.2. The maximum absolute atomic E-state index is 12.0. The molecule has 31 heavy (non-hydrogen) atoms. The molecule has 1 aliphatic rings. The molecule has 162 valence electrons. The zero-order valence-electron chi connectivity index (χ0n) is 18.6. The van der Waals surface area contributed by atoms with Gasteiger partial charge in [0.15, 0.2) is 0 Å². The fraction of sp³-hybridized carbons (Fsp3) is 0.333. The largest absolute Gasteiger partial charge is 0.492 e.